The molecule has 0 spiro atoms. The second kappa shape index (κ2) is 11.8. The molecule has 1 aromatic heterocycles. The topological polar surface area (TPSA) is 29.3 Å². The maximum absolute atomic E-state index is 5.35. The van der Waals surface area contributed by atoms with Gasteiger partial charge < -0.3 is 9.88 Å². The van der Waals surface area contributed by atoms with Crippen LogP contribution in [0.5, 0.6) is 0 Å². The monoisotopic (exact) mass is 675 g/mol. The molecule has 3 nitrogen and oxygen atoms in total. The Morgan fingerprint density at radius 3 is 1.75 bits per heavy atom. The minimum absolute atomic E-state index is 0.252. The van der Waals surface area contributed by atoms with Gasteiger partial charge in [0.25, 0.3) is 0 Å². The van der Waals surface area contributed by atoms with Crippen molar-refractivity contribution in [3.8, 4) is 5.69 Å². The first-order valence-corrected chi connectivity index (χ1v) is 18.2. The molecule has 10 aromatic rings. The van der Waals surface area contributed by atoms with E-state index in [0.29, 0.717) is 0 Å². The fraction of sp³-hybridized carbons (Fsp3) is 0.0200. The van der Waals surface area contributed by atoms with E-state index in [-0.39, 0.29) is 6.17 Å². The first-order valence-electron chi connectivity index (χ1n) is 18.2. The summed E-state index contributed by atoms with van der Waals surface area (Å²) in [4.78, 5) is 5.35. The summed E-state index contributed by atoms with van der Waals surface area (Å²) in [5, 5.41) is 16.1. The van der Waals surface area contributed by atoms with Crippen molar-refractivity contribution in [1.82, 2.24) is 9.88 Å². The Labute approximate surface area is 306 Å². The zero-order valence-electron chi connectivity index (χ0n) is 28.9. The van der Waals surface area contributed by atoms with Crippen molar-refractivity contribution < 1.29 is 0 Å². The van der Waals surface area contributed by atoms with Crippen LogP contribution in [0.15, 0.2) is 193 Å². The molecule has 248 valence electrons. The van der Waals surface area contributed by atoms with Gasteiger partial charge in [0.05, 0.1) is 16.7 Å². The number of nitrogens with one attached hydrogen (secondary N) is 1. The van der Waals surface area contributed by atoms with Crippen LogP contribution in [0.2, 0.25) is 0 Å². The maximum atomic E-state index is 5.35. The molecule has 3 heteroatoms. The number of para-hydroxylation sites is 1. The van der Waals surface area contributed by atoms with Gasteiger partial charge in [-0.15, -0.1) is 0 Å². The van der Waals surface area contributed by atoms with Gasteiger partial charge in [0.1, 0.15) is 6.17 Å². The Balaban J connectivity index is 1.02. The number of hydrogen-bond donors (Lipinski definition) is 1. The Hall–Kier alpha value is -6.97. The van der Waals surface area contributed by atoms with Gasteiger partial charge in [0, 0.05) is 27.7 Å². The Bertz CT molecular complexity index is 3160. The fourth-order valence-electron chi connectivity index (χ4n) is 8.22. The lowest BCUT2D eigenvalue weighted by atomic mass is 9.98. The number of hydrogen-bond acceptors (Lipinski definition) is 2. The first-order chi connectivity index (χ1) is 26.2. The van der Waals surface area contributed by atoms with Crippen molar-refractivity contribution in [3.63, 3.8) is 0 Å². The summed E-state index contributed by atoms with van der Waals surface area (Å²) < 4.78 is 2.41. The third kappa shape index (κ3) is 5.01. The molecule has 0 saturated heterocycles. The quantitative estimate of drug-likeness (QED) is 0.198. The molecule has 0 fully saturated rings. The number of rotatable bonds is 4. The lowest BCUT2D eigenvalue weighted by molar-refractivity contribution is 0.665. The van der Waals surface area contributed by atoms with E-state index < -0.39 is 0 Å². The summed E-state index contributed by atoms with van der Waals surface area (Å²) in [6.45, 7) is 0. The van der Waals surface area contributed by atoms with E-state index in [1.165, 1.54) is 64.9 Å². The van der Waals surface area contributed by atoms with Crippen molar-refractivity contribution >= 4 is 76.3 Å². The highest BCUT2D eigenvalue weighted by molar-refractivity contribution is 6.15. The van der Waals surface area contributed by atoms with Gasteiger partial charge in [0.15, 0.2) is 0 Å². The zero-order chi connectivity index (χ0) is 34.9. The second-order valence-electron chi connectivity index (χ2n) is 14.1. The molecule has 0 amide bonds. The van der Waals surface area contributed by atoms with E-state index >= 15 is 0 Å². The molecular weight excluding hydrogens is 643 g/mol. The number of nitrogens with zero attached hydrogens (tertiary/aromatic N) is 2. The van der Waals surface area contributed by atoms with Crippen molar-refractivity contribution in [2.75, 3.05) is 0 Å². The minimum atomic E-state index is -0.252. The van der Waals surface area contributed by atoms with E-state index in [2.05, 4.69) is 198 Å². The SMILES string of the molecule is C1=C(c2ccc3ccccc3c2)NC(c2ccc3cc(-n4c5ccccc5c5cc6ccccc6cc54)ccc3c2)N=C1c1ccc2ccccc2c1. The molecule has 1 aliphatic rings. The summed E-state index contributed by atoms with van der Waals surface area (Å²) in [6.07, 6.45) is 1.95. The van der Waals surface area contributed by atoms with Crippen LogP contribution >= 0.6 is 0 Å². The molecule has 1 atom stereocenters. The number of allylic oxidation sites excluding steroid dienone is 1. The number of fused-ring (bicyclic) bond motifs is 7. The predicted molar refractivity (Wildman–Crippen MR) is 224 cm³/mol. The molecule has 1 aliphatic heterocycles. The number of aliphatic imine (C=N–C) groups is 1. The number of aromatic nitrogens is 1. The van der Waals surface area contributed by atoms with Crippen molar-refractivity contribution in [3.05, 3.63) is 205 Å². The Kier molecular flexibility index (Phi) is 6.62. The van der Waals surface area contributed by atoms with E-state index in [1.807, 2.05) is 0 Å². The summed E-state index contributed by atoms with van der Waals surface area (Å²) in [5.41, 5.74) is 8.99. The van der Waals surface area contributed by atoms with Crippen LogP contribution in [0.3, 0.4) is 0 Å². The van der Waals surface area contributed by atoms with Crippen LogP contribution in [0.1, 0.15) is 22.9 Å². The average molecular weight is 676 g/mol. The smallest absolute Gasteiger partial charge is 0.145 e. The maximum Gasteiger partial charge on any atom is 0.145 e. The summed E-state index contributed by atoms with van der Waals surface area (Å²) in [7, 11) is 0. The highest BCUT2D eigenvalue weighted by Crippen LogP contribution is 2.36. The third-order valence-corrected chi connectivity index (χ3v) is 10.9. The van der Waals surface area contributed by atoms with Crippen LogP contribution < -0.4 is 5.32 Å². The molecule has 1 unspecified atom stereocenters. The molecule has 9 aromatic carbocycles. The molecule has 0 aliphatic carbocycles. The van der Waals surface area contributed by atoms with Crippen molar-refractivity contribution in [2.45, 2.75) is 6.17 Å². The lowest BCUT2D eigenvalue weighted by Crippen LogP contribution is -2.24. The van der Waals surface area contributed by atoms with Gasteiger partial charge in [-0.05, 0) is 109 Å². The van der Waals surface area contributed by atoms with E-state index in [4.69, 9.17) is 4.99 Å². The molecule has 0 bridgehead atoms. The van der Waals surface area contributed by atoms with Crippen LogP contribution in [0, 0.1) is 0 Å². The Morgan fingerprint density at radius 1 is 0.415 bits per heavy atom. The van der Waals surface area contributed by atoms with Gasteiger partial charge in [-0.2, -0.15) is 0 Å². The van der Waals surface area contributed by atoms with Crippen LogP contribution in [-0.4, -0.2) is 10.3 Å². The standard InChI is InChI=1S/C50H33N3/c1-3-11-34-25-40(20-17-32(34)9-1)46-31-47(41-21-18-33-10-2-4-12-35(33)26-41)52-50(51-46)42-22-19-39-28-43(24-23-38(39)27-42)53-48-16-8-7-15-44(48)45-29-36-13-5-6-14-37(36)30-49(45)53/h1-31,50-51H. The van der Waals surface area contributed by atoms with Crippen LogP contribution in [-0.2, 0) is 0 Å². The van der Waals surface area contributed by atoms with Gasteiger partial charge in [0.2, 0.25) is 0 Å². The van der Waals surface area contributed by atoms with Gasteiger partial charge in [-0.1, -0.05) is 133 Å². The van der Waals surface area contributed by atoms with Crippen LogP contribution in [0.25, 0.3) is 76.3 Å². The molecule has 53 heavy (non-hydrogen) atoms. The predicted octanol–water partition coefficient (Wildman–Crippen LogP) is 12.5. The number of benzene rings is 9. The average Bonchev–Trinajstić information content (AvgIpc) is 3.55. The normalized spacial score (nSPS) is 14.6. The van der Waals surface area contributed by atoms with Gasteiger partial charge in [-0.25, -0.2) is 0 Å². The third-order valence-electron chi connectivity index (χ3n) is 10.9. The van der Waals surface area contributed by atoms with Crippen molar-refractivity contribution in [2.24, 2.45) is 4.99 Å². The van der Waals surface area contributed by atoms with Gasteiger partial charge in [-0.3, -0.25) is 4.99 Å². The molecule has 11 rings (SSSR count). The molecule has 0 radical (unpaired) electrons. The summed E-state index contributed by atoms with van der Waals surface area (Å²) in [5.74, 6) is 0. The van der Waals surface area contributed by atoms with E-state index in [0.717, 1.165) is 33.8 Å². The molecule has 1 N–H and O–H groups in total. The Morgan fingerprint density at radius 2 is 0.981 bits per heavy atom. The van der Waals surface area contributed by atoms with Gasteiger partial charge >= 0.3 is 0 Å². The van der Waals surface area contributed by atoms with Crippen molar-refractivity contribution in [1.29, 1.82) is 0 Å². The van der Waals surface area contributed by atoms with Crippen LogP contribution in [0.4, 0.5) is 0 Å². The molecule has 2 heterocycles. The highest BCUT2D eigenvalue weighted by atomic mass is 15.1. The zero-order valence-corrected chi connectivity index (χ0v) is 28.9. The van der Waals surface area contributed by atoms with E-state index in [1.54, 1.807) is 0 Å². The highest BCUT2D eigenvalue weighted by Gasteiger charge is 2.21. The second-order valence-corrected chi connectivity index (χ2v) is 14.1. The largest absolute Gasteiger partial charge is 0.360 e. The minimum Gasteiger partial charge on any atom is -0.360 e. The lowest BCUT2D eigenvalue weighted by Gasteiger charge is -2.25. The summed E-state index contributed by atoms with van der Waals surface area (Å²) >= 11 is 0. The fourth-order valence-corrected chi connectivity index (χ4v) is 8.22. The summed E-state index contributed by atoms with van der Waals surface area (Å²) in [6, 6.07) is 66.0. The van der Waals surface area contributed by atoms with E-state index in [9.17, 15) is 0 Å². The first kappa shape index (κ1) is 29.7. The molecular formula is C50H33N3. The molecule has 0 saturated carbocycles.